The van der Waals surface area contributed by atoms with Gasteiger partial charge in [-0.1, -0.05) is 6.07 Å². The summed E-state index contributed by atoms with van der Waals surface area (Å²) >= 11 is 1.48. The van der Waals surface area contributed by atoms with Crippen LogP contribution in [-0.4, -0.2) is 30.9 Å². The predicted molar refractivity (Wildman–Crippen MR) is 112 cm³/mol. The molecule has 1 aliphatic heterocycles. The molecule has 1 heterocycles. The molecule has 2 aliphatic rings. The van der Waals surface area contributed by atoms with Crippen LogP contribution >= 0.6 is 11.3 Å². The van der Waals surface area contributed by atoms with Crippen molar-refractivity contribution >= 4 is 47.5 Å². The van der Waals surface area contributed by atoms with Gasteiger partial charge in [0.15, 0.2) is 0 Å². The lowest BCUT2D eigenvalue weighted by atomic mass is 10.2. The minimum Gasteiger partial charge on any atom is -0.282 e. The summed E-state index contributed by atoms with van der Waals surface area (Å²) in [6.45, 7) is 1.98. The molecule has 4 rings (SSSR count). The number of hydrogen-bond donors (Lipinski definition) is 2. The molecule has 0 bridgehead atoms. The van der Waals surface area contributed by atoms with Gasteiger partial charge in [0.1, 0.15) is 4.90 Å². The van der Waals surface area contributed by atoms with E-state index in [1.807, 2.05) is 25.1 Å². The Morgan fingerprint density at radius 2 is 1.67 bits per heavy atom. The predicted octanol–water partition coefficient (Wildman–Crippen LogP) is 3.44. The molecule has 2 aromatic rings. The van der Waals surface area contributed by atoms with Crippen molar-refractivity contribution in [3.05, 3.63) is 65.5 Å². The van der Waals surface area contributed by atoms with Gasteiger partial charge in [-0.3, -0.25) is 9.11 Å². The Bertz CT molecular complexity index is 1560. The van der Waals surface area contributed by atoms with Crippen LogP contribution in [0.5, 0.6) is 0 Å². The molecule has 154 valence electrons. The van der Waals surface area contributed by atoms with Crippen molar-refractivity contribution in [1.29, 1.82) is 0 Å². The maximum absolute atomic E-state index is 11.7. The van der Waals surface area contributed by atoms with E-state index in [1.165, 1.54) is 11.3 Å². The molecule has 0 amide bonds. The zero-order valence-corrected chi connectivity index (χ0v) is 17.8. The fraction of sp³-hybridized carbons (Fsp3) is 0.0526. The topological polar surface area (TPSA) is 134 Å². The highest BCUT2D eigenvalue weighted by Crippen LogP contribution is 2.31. The van der Waals surface area contributed by atoms with Gasteiger partial charge in [0.25, 0.3) is 20.2 Å². The summed E-state index contributed by atoms with van der Waals surface area (Å²) in [5.74, 6) is 0. The molecule has 2 N–H and O–H groups in total. The summed E-state index contributed by atoms with van der Waals surface area (Å²) in [4.78, 5) is 8.47. The van der Waals surface area contributed by atoms with Crippen molar-refractivity contribution in [3.63, 3.8) is 0 Å². The molecule has 0 aromatic heterocycles. The van der Waals surface area contributed by atoms with Crippen molar-refractivity contribution in [3.8, 4) is 10.6 Å². The Morgan fingerprint density at radius 3 is 2.37 bits per heavy atom. The van der Waals surface area contributed by atoms with Gasteiger partial charge in [-0.05, 0) is 61.0 Å². The Kier molecular flexibility index (Phi) is 4.95. The van der Waals surface area contributed by atoms with Crippen LogP contribution in [0.15, 0.2) is 69.4 Å². The summed E-state index contributed by atoms with van der Waals surface area (Å²) in [7, 11) is -9.26. The van der Waals surface area contributed by atoms with Crippen molar-refractivity contribution < 1.29 is 25.9 Å². The first-order chi connectivity index (χ1) is 14.0. The van der Waals surface area contributed by atoms with Gasteiger partial charge in [0.2, 0.25) is 0 Å². The van der Waals surface area contributed by atoms with E-state index in [2.05, 4.69) is 9.98 Å². The minimum absolute atomic E-state index is 0.318. The van der Waals surface area contributed by atoms with Crippen LogP contribution in [0, 0.1) is 6.92 Å². The van der Waals surface area contributed by atoms with Crippen molar-refractivity contribution in [1.82, 2.24) is 4.98 Å². The molecule has 11 heteroatoms. The third-order valence-corrected chi connectivity index (χ3v) is 7.14. The van der Waals surface area contributed by atoms with E-state index in [0.29, 0.717) is 5.36 Å². The molecule has 0 saturated heterocycles. The minimum atomic E-state index is -4.67. The zero-order chi connectivity index (χ0) is 21.7. The Hall–Kier alpha value is -2.70. The number of hydrogen-bond acceptors (Lipinski definition) is 7. The second kappa shape index (κ2) is 7.22. The number of fused-ring (bicyclic) bond motifs is 2. The second-order valence-corrected chi connectivity index (χ2v) is 10.4. The van der Waals surface area contributed by atoms with Crippen LogP contribution < -0.4 is 5.36 Å². The third kappa shape index (κ3) is 4.11. The maximum Gasteiger partial charge on any atom is 0.296 e. The van der Waals surface area contributed by atoms with Crippen molar-refractivity contribution in [2.75, 3.05) is 0 Å². The molecule has 30 heavy (non-hydrogen) atoms. The molecule has 8 nitrogen and oxygen atoms in total. The standard InChI is InChI=1S/C19H14N2O6S3/c1-11-2-6-17-15(8-11)21-14-5-3-12(9-18(14)28-17)20-16-10-13(29(22,23)24)4-7-19(16)30(25,26)27/h2-10H,1H3,(H,22,23,24)(H,25,26,27)/b20-12-. The van der Waals surface area contributed by atoms with Crippen molar-refractivity contribution in [2.24, 2.45) is 4.99 Å². The number of aryl methyl sites for hydroxylation is 1. The molecular weight excluding hydrogens is 448 g/mol. The zero-order valence-electron chi connectivity index (χ0n) is 15.3. The molecule has 0 saturated carbocycles. The van der Waals surface area contributed by atoms with Crippen molar-refractivity contribution in [2.45, 2.75) is 16.7 Å². The van der Waals surface area contributed by atoms with E-state index >= 15 is 0 Å². The fourth-order valence-corrected chi connectivity index (χ4v) is 4.99. The third-order valence-electron chi connectivity index (χ3n) is 4.27. The molecule has 0 fully saturated rings. The van der Waals surface area contributed by atoms with E-state index in [9.17, 15) is 25.9 Å². The normalized spacial score (nSPS) is 13.2. The van der Waals surface area contributed by atoms with Gasteiger partial charge in [0, 0.05) is 0 Å². The lowest BCUT2D eigenvalue weighted by Crippen LogP contribution is -2.05. The Balaban J connectivity index is 1.95. The number of benzene rings is 3. The lowest BCUT2D eigenvalue weighted by molar-refractivity contribution is 0.478. The molecular formula is C19H14N2O6S3. The van der Waals surface area contributed by atoms with E-state index < -0.39 is 30.0 Å². The van der Waals surface area contributed by atoms with Crippen LogP contribution in [0.2, 0.25) is 0 Å². The van der Waals surface area contributed by atoms with E-state index in [4.69, 9.17) is 0 Å². The molecule has 1 aliphatic carbocycles. The summed E-state index contributed by atoms with van der Waals surface area (Å²) < 4.78 is 65.8. The van der Waals surface area contributed by atoms with Crippen LogP contribution in [0.25, 0.3) is 20.8 Å². The van der Waals surface area contributed by atoms with Gasteiger partial charge in [-0.2, -0.15) is 16.8 Å². The van der Waals surface area contributed by atoms with E-state index in [1.54, 1.807) is 18.2 Å². The number of nitrogens with zero attached hydrogens (tertiary/aromatic N) is 2. The summed E-state index contributed by atoms with van der Waals surface area (Å²) in [6.07, 6.45) is 0. The second-order valence-electron chi connectivity index (χ2n) is 6.53. The van der Waals surface area contributed by atoms with Gasteiger partial charge in [-0.25, -0.2) is 9.98 Å². The number of aromatic nitrogens is 1. The first-order valence-corrected chi connectivity index (χ1v) is 12.2. The Morgan fingerprint density at radius 1 is 0.900 bits per heavy atom. The van der Waals surface area contributed by atoms with Gasteiger partial charge in [0.05, 0.1) is 36.7 Å². The quantitative estimate of drug-likeness (QED) is 0.352. The largest absolute Gasteiger partial charge is 0.296 e. The van der Waals surface area contributed by atoms with E-state index in [0.717, 1.165) is 44.6 Å². The molecule has 0 unspecified atom stereocenters. The monoisotopic (exact) mass is 462 g/mol. The van der Waals surface area contributed by atoms with Gasteiger partial charge < -0.3 is 0 Å². The van der Waals surface area contributed by atoms with Crippen LogP contribution in [0.3, 0.4) is 0 Å². The first kappa shape index (κ1) is 20.6. The molecule has 0 spiro atoms. The lowest BCUT2D eigenvalue weighted by Gasteiger charge is -2.07. The first-order valence-electron chi connectivity index (χ1n) is 8.46. The maximum atomic E-state index is 11.7. The highest BCUT2D eigenvalue weighted by Gasteiger charge is 2.19. The molecule has 2 aromatic carbocycles. The van der Waals surface area contributed by atoms with E-state index in [-0.39, 0.29) is 5.69 Å². The van der Waals surface area contributed by atoms with Crippen LogP contribution in [0.1, 0.15) is 5.56 Å². The van der Waals surface area contributed by atoms with Gasteiger partial charge in [-0.15, -0.1) is 11.3 Å². The van der Waals surface area contributed by atoms with Crippen LogP contribution in [0.4, 0.5) is 5.69 Å². The average Bonchev–Trinajstić information content (AvgIpc) is 2.65. The summed E-state index contributed by atoms with van der Waals surface area (Å²) in [5.41, 5.74) is 2.34. The summed E-state index contributed by atoms with van der Waals surface area (Å²) in [6, 6.07) is 13.5. The van der Waals surface area contributed by atoms with Crippen LogP contribution in [-0.2, 0) is 20.2 Å². The SMILES string of the molecule is Cc1ccc2sc3c/c(=N\c4cc(S(=O)(=O)O)ccc4S(=O)(=O)O)ccc-3nc2c1. The Labute approximate surface area is 176 Å². The smallest absolute Gasteiger partial charge is 0.282 e. The summed E-state index contributed by atoms with van der Waals surface area (Å²) in [5, 5.41) is 0.324. The molecule has 0 radical (unpaired) electrons. The fourth-order valence-electron chi connectivity index (χ4n) is 2.90. The highest BCUT2D eigenvalue weighted by atomic mass is 32.2. The highest BCUT2D eigenvalue weighted by molar-refractivity contribution is 7.86. The molecule has 0 atom stereocenters. The average molecular weight is 463 g/mol. The van der Waals surface area contributed by atoms with Gasteiger partial charge >= 0.3 is 0 Å². The number of rotatable bonds is 3.